The summed E-state index contributed by atoms with van der Waals surface area (Å²) in [4.78, 5) is 39.4. The molecule has 2 N–H and O–H groups in total. The molecule has 21 heavy (non-hydrogen) atoms. The third kappa shape index (κ3) is 3.10. The van der Waals surface area contributed by atoms with Gasteiger partial charge in [-0.3, -0.25) is 9.59 Å². The molecule has 0 fully saturated rings. The van der Waals surface area contributed by atoms with Crippen molar-refractivity contribution in [1.82, 2.24) is 10.3 Å². The van der Waals surface area contributed by atoms with E-state index >= 15 is 0 Å². The van der Waals surface area contributed by atoms with E-state index in [0.717, 1.165) is 11.3 Å². The van der Waals surface area contributed by atoms with Crippen molar-refractivity contribution in [1.29, 1.82) is 0 Å². The van der Waals surface area contributed by atoms with Crippen molar-refractivity contribution in [3.63, 3.8) is 0 Å². The lowest BCUT2D eigenvalue weighted by atomic mass is 10.2. The summed E-state index contributed by atoms with van der Waals surface area (Å²) in [6.07, 6.45) is 0.332. The Morgan fingerprint density at radius 3 is 2.76 bits per heavy atom. The Bertz CT molecular complexity index is 762. The number of carboxylic acid groups (broad SMARTS) is 1. The minimum Gasteiger partial charge on any atom is -0.481 e. The number of nitrogens with zero attached hydrogens (tertiary/aromatic N) is 1. The van der Waals surface area contributed by atoms with E-state index in [1.807, 2.05) is 6.92 Å². The first-order valence-electron chi connectivity index (χ1n) is 6.37. The molecule has 2 aromatic heterocycles. The molecule has 112 valence electrons. The van der Waals surface area contributed by atoms with Gasteiger partial charge < -0.3 is 14.8 Å². The number of fused-ring (bicyclic) bond motifs is 1. The fourth-order valence-electron chi connectivity index (χ4n) is 1.84. The fraction of sp³-hybridized carbons (Fsp3) is 0.385. The van der Waals surface area contributed by atoms with Gasteiger partial charge >= 0.3 is 11.6 Å². The van der Waals surface area contributed by atoms with Crippen molar-refractivity contribution in [2.75, 3.05) is 6.54 Å². The minimum absolute atomic E-state index is 0.0318. The summed E-state index contributed by atoms with van der Waals surface area (Å²) in [5, 5.41) is 11.4. The van der Waals surface area contributed by atoms with Crippen LogP contribution in [0.1, 0.15) is 34.5 Å². The first-order valence-corrected chi connectivity index (χ1v) is 7.18. The summed E-state index contributed by atoms with van der Waals surface area (Å²) in [6, 6.07) is 0. The molecule has 0 atom stereocenters. The van der Waals surface area contributed by atoms with Crippen LogP contribution in [0.5, 0.6) is 0 Å². The molecule has 0 aliphatic heterocycles. The zero-order chi connectivity index (χ0) is 15.6. The SMILES string of the molecule is CCc1nc2sc(C(=O)NCCC(=O)O)c(C)c2c(=O)o1. The van der Waals surface area contributed by atoms with E-state index < -0.39 is 17.5 Å². The predicted octanol–water partition coefficient (Wildman–Crippen LogP) is 1.32. The molecule has 0 bridgehead atoms. The highest BCUT2D eigenvalue weighted by molar-refractivity contribution is 7.20. The number of carboxylic acids is 1. The Kier molecular flexibility index (Phi) is 4.37. The van der Waals surface area contributed by atoms with Crippen LogP contribution < -0.4 is 10.9 Å². The zero-order valence-electron chi connectivity index (χ0n) is 11.6. The van der Waals surface area contributed by atoms with Gasteiger partial charge in [-0.05, 0) is 12.5 Å². The number of hydrogen-bond donors (Lipinski definition) is 2. The molecular formula is C13H14N2O5S. The van der Waals surface area contributed by atoms with Gasteiger partial charge in [0.25, 0.3) is 5.91 Å². The third-order valence-corrected chi connectivity index (χ3v) is 4.09. The van der Waals surface area contributed by atoms with Crippen LogP contribution in [-0.4, -0.2) is 28.5 Å². The smallest absolute Gasteiger partial charge is 0.348 e. The fourth-order valence-corrected chi connectivity index (χ4v) is 2.94. The molecule has 0 aliphatic rings. The van der Waals surface area contributed by atoms with Crippen molar-refractivity contribution in [3.8, 4) is 0 Å². The molecule has 0 aliphatic carbocycles. The summed E-state index contributed by atoms with van der Waals surface area (Å²) in [7, 11) is 0. The number of amides is 1. The maximum atomic E-state index is 12.0. The minimum atomic E-state index is -0.988. The van der Waals surface area contributed by atoms with Crippen molar-refractivity contribution >= 4 is 33.4 Å². The van der Waals surface area contributed by atoms with Gasteiger partial charge in [0.1, 0.15) is 10.2 Å². The van der Waals surface area contributed by atoms with Crippen LogP contribution in [0.25, 0.3) is 10.2 Å². The van der Waals surface area contributed by atoms with Crippen LogP contribution in [0, 0.1) is 6.92 Å². The maximum absolute atomic E-state index is 12.0. The van der Waals surface area contributed by atoms with Gasteiger partial charge in [-0.1, -0.05) is 6.92 Å². The van der Waals surface area contributed by atoms with Crippen LogP contribution >= 0.6 is 11.3 Å². The van der Waals surface area contributed by atoms with Crippen molar-refractivity contribution in [2.45, 2.75) is 26.7 Å². The molecule has 0 unspecified atom stereocenters. The summed E-state index contributed by atoms with van der Waals surface area (Å²) in [5.41, 5.74) is 0.00177. The average Bonchev–Trinajstić information content (AvgIpc) is 2.75. The van der Waals surface area contributed by atoms with E-state index in [0.29, 0.717) is 33.0 Å². The maximum Gasteiger partial charge on any atom is 0.348 e. The topological polar surface area (TPSA) is 110 Å². The van der Waals surface area contributed by atoms with Gasteiger partial charge in [0, 0.05) is 13.0 Å². The molecule has 2 rings (SSSR count). The van der Waals surface area contributed by atoms with E-state index in [1.54, 1.807) is 6.92 Å². The molecule has 8 heteroatoms. The summed E-state index contributed by atoms with van der Waals surface area (Å²) < 4.78 is 5.06. The number of carbonyl (C=O) groups is 2. The van der Waals surface area contributed by atoms with Crippen LogP contribution in [0.15, 0.2) is 9.21 Å². The third-order valence-electron chi connectivity index (χ3n) is 2.90. The number of rotatable bonds is 5. The van der Waals surface area contributed by atoms with Gasteiger partial charge in [-0.25, -0.2) is 9.78 Å². The van der Waals surface area contributed by atoms with Crippen molar-refractivity contribution in [2.24, 2.45) is 0 Å². The summed E-state index contributed by atoms with van der Waals surface area (Å²) in [6.45, 7) is 3.50. The Balaban J connectivity index is 2.35. The second-order valence-corrected chi connectivity index (χ2v) is 5.38. The van der Waals surface area contributed by atoms with Gasteiger partial charge in [0.05, 0.1) is 11.3 Å². The number of nitrogens with one attached hydrogen (secondary N) is 1. The quantitative estimate of drug-likeness (QED) is 0.862. The van der Waals surface area contributed by atoms with E-state index in [4.69, 9.17) is 9.52 Å². The average molecular weight is 310 g/mol. The number of thiophene rings is 1. The van der Waals surface area contributed by atoms with Crippen LogP contribution in [0.4, 0.5) is 0 Å². The van der Waals surface area contributed by atoms with Crippen LogP contribution in [-0.2, 0) is 11.2 Å². The number of aromatic nitrogens is 1. The highest BCUT2D eigenvalue weighted by Crippen LogP contribution is 2.27. The van der Waals surface area contributed by atoms with Gasteiger partial charge in [-0.2, -0.15) is 0 Å². The number of aryl methyl sites for hydroxylation is 2. The Morgan fingerprint density at radius 2 is 2.14 bits per heavy atom. The molecule has 0 spiro atoms. The van der Waals surface area contributed by atoms with Gasteiger partial charge in [0.2, 0.25) is 0 Å². The second kappa shape index (κ2) is 6.04. The second-order valence-electron chi connectivity index (χ2n) is 4.38. The Labute approximate surface area is 123 Å². The molecule has 2 heterocycles. The molecule has 7 nitrogen and oxygen atoms in total. The predicted molar refractivity (Wildman–Crippen MR) is 76.9 cm³/mol. The Hall–Kier alpha value is -2.22. The molecule has 2 aromatic rings. The van der Waals surface area contributed by atoms with Gasteiger partial charge in [-0.15, -0.1) is 11.3 Å². The molecule has 0 saturated carbocycles. The van der Waals surface area contributed by atoms with E-state index in [1.165, 1.54) is 0 Å². The first-order chi connectivity index (χ1) is 9.93. The normalized spacial score (nSPS) is 10.8. The molecular weight excluding hydrogens is 296 g/mol. The van der Waals surface area contributed by atoms with E-state index in [-0.39, 0.29) is 13.0 Å². The lowest BCUT2D eigenvalue weighted by molar-refractivity contribution is -0.136. The number of aliphatic carboxylic acids is 1. The molecule has 0 saturated heterocycles. The highest BCUT2D eigenvalue weighted by Gasteiger charge is 2.20. The molecule has 1 amide bonds. The lowest BCUT2D eigenvalue weighted by Gasteiger charge is -2.01. The molecule has 0 radical (unpaired) electrons. The summed E-state index contributed by atoms with van der Waals surface area (Å²) >= 11 is 1.10. The number of hydrogen-bond acceptors (Lipinski definition) is 6. The largest absolute Gasteiger partial charge is 0.481 e. The number of carbonyl (C=O) groups excluding carboxylic acids is 1. The monoisotopic (exact) mass is 310 g/mol. The Morgan fingerprint density at radius 1 is 1.43 bits per heavy atom. The lowest BCUT2D eigenvalue weighted by Crippen LogP contribution is -2.25. The first kappa shape index (κ1) is 15.2. The van der Waals surface area contributed by atoms with E-state index in [9.17, 15) is 14.4 Å². The van der Waals surface area contributed by atoms with Crippen LogP contribution in [0.2, 0.25) is 0 Å². The van der Waals surface area contributed by atoms with Gasteiger partial charge in [0.15, 0.2) is 5.89 Å². The highest BCUT2D eigenvalue weighted by atomic mass is 32.1. The van der Waals surface area contributed by atoms with Crippen molar-refractivity contribution in [3.05, 3.63) is 26.8 Å². The van der Waals surface area contributed by atoms with Crippen molar-refractivity contribution < 1.29 is 19.1 Å². The van der Waals surface area contributed by atoms with E-state index in [2.05, 4.69) is 10.3 Å². The van der Waals surface area contributed by atoms with Crippen LogP contribution in [0.3, 0.4) is 0 Å². The summed E-state index contributed by atoms with van der Waals surface area (Å²) in [5.74, 6) is -1.07. The zero-order valence-corrected chi connectivity index (χ0v) is 12.4. The molecule has 0 aromatic carbocycles. The standard InChI is InChI=1S/C13H14N2O5S/c1-3-7-15-12-9(13(19)20-7)6(2)10(21-12)11(18)14-5-4-8(16)17/h3-5H2,1-2H3,(H,14,18)(H,16,17).